The van der Waals surface area contributed by atoms with E-state index in [2.05, 4.69) is 5.32 Å². The van der Waals surface area contributed by atoms with Gasteiger partial charge in [-0.2, -0.15) is 0 Å². The van der Waals surface area contributed by atoms with Crippen molar-refractivity contribution in [3.8, 4) is 5.75 Å². The van der Waals surface area contributed by atoms with Gasteiger partial charge < -0.3 is 10.1 Å². The van der Waals surface area contributed by atoms with Crippen molar-refractivity contribution >= 4 is 34.8 Å². The average molecular weight is 359 g/mol. The lowest BCUT2D eigenvalue weighted by atomic mass is 10.0. The molecule has 25 heavy (non-hydrogen) atoms. The number of rotatable bonds is 3. The largest absolute Gasteiger partial charge is 0.476 e. The molecule has 0 saturated carbocycles. The molecule has 0 spiro atoms. The molecule has 2 amide bonds. The van der Waals surface area contributed by atoms with E-state index in [0.717, 1.165) is 5.56 Å². The van der Waals surface area contributed by atoms with Gasteiger partial charge in [0.1, 0.15) is 12.3 Å². The number of fused-ring (bicyclic) bond motifs is 1. The molecule has 0 bridgehead atoms. The van der Waals surface area contributed by atoms with E-state index in [1.54, 1.807) is 38.1 Å². The Morgan fingerprint density at radius 3 is 2.72 bits per heavy atom. The number of amides is 2. The molecule has 0 aliphatic carbocycles. The Kier molecular flexibility index (Phi) is 4.43. The van der Waals surface area contributed by atoms with Crippen LogP contribution in [0.1, 0.15) is 19.4 Å². The van der Waals surface area contributed by atoms with E-state index in [4.69, 9.17) is 16.3 Å². The number of hydrogen-bond acceptors (Lipinski definition) is 3. The van der Waals surface area contributed by atoms with Crippen LogP contribution in [0.5, 0.6) is 5.75 Å². The summed E-state index contributed by atoms with van der Waals surface area (Å²) < 4.78 is 5.75. The zero-order valence-corrected chi connectivity index (χ0v) is 15.1. The molecule has 1 aliphatic heterocycles. The molecule has 3 rings (SSSR count). The minimum Gasteiger partial charge on any atom is -0.476 e. The second kappa shape index (κ2) is 6.41. The molecule has 1 N–H and O–H groups in total. The second-order valence-corrected chi connectivity index (χ2v) is 6.97. The number of benzene rings is 2. The van der Waals surface area contributed by atoms with Crippen molar-refractivity contribution in [1.82, 2.24) is 0 Å². The average Bonchev–Trinajstić information content (AvgIpc) is 2.52. The van der Waals surface area contributed by atoms with Crippen molar-refractivity contribution in [2.24, 2.45) is 0 Å². The zero-order valence-electron chi connectivity index (χ0n) is 14.3. The number of carbonyl (C=O) groups is 2. The molecule has 5 nitrogen and oxygen atoms in total. The molecule has 1 aliphatic rings. The molecule has 0 unspecified atom stereocenters. The highest BCUT2D eigenvalue weighted by molar-refractivity contribution is 6.31. The predicted molar refractivity (Wildman–Crippen MR) is 98.3 cm³/mol. The van der Waals surface area contributed by atoms with Gasteiger partial charge in [0.25, 0.3) is 5.91 Å². The zero-order chi connectivity index (χ0) is 18.2. The maximum atomic E-state index is 12.7. The highest BCUT2D eigenvalue weighted by Crippen LogP contribution is 2.39. The maximum absolute atomic E-state index is 12.7. The first-order valence-electron chi connectivity index (χ1n) is 7.93. The molecule has 130 valence electrons. The van der Waals surface area contributed by atoms with Gasteiger partial charge in [0.05, 0.1) is 5.69 Å². The molecule has 2 aromatic rings. The van der Waals surface area contributed by atoms with Crippen LogP contribution in [0.3, 0.4) is 0 Å². The Labute approximate surface area is 151 Å². The summed E-state index contributed by atoms with van der Waals surface area (Å²) in [4.78, 5) is 26.6. The summed E-state index contributed by atoms with van der Waals surface area (Å²) in [5.41, 5.74) is 1.18. The van der Waals surface area contributed by atoms with Crippen LogP contribution in [-0.4, -0.2) is 24.0 Å². The van der Waals surface area contributed by atoms with E-state index in [-0.39, 0.29) is 18.4 Å². The standard InChI is InChI=1S/C19H19ClN2O3/c1-12-5-4-6-14(9-12)21-17(23)11-22-15-10-13(20)7-8-16(15)25-19(2,3)18(22)24/h4-10H,11H2,1-3H3,(H,21,23). The minimum absolute atomic E-state index is 0.118. The number of anilines is 2. The highest BCUT2D eigenvalue weighted by Gasteiger charge is 2.41. The van der Waals surface area contributed by atoms with E-state index < -0.39 is 5.60 Å². The van der Waals surface area contributed by atoms with Crippen molar-refractivity contribution in [2.45, 2.75) is 26.4 Å². The fraction of sp³-hybridized carbons (Fsp3) is 0.263. The smallest absolute Gasteiger partial charge is 0.271 e. The first-order chi connectivity index (χ1) is 11.8. The topological polar surface area (TPSA) is 58.6 Å². The fourth-order valence-corrected chi connectivity index (χ4v) is 2.93. The molecule has 0 atom stereocenters. The van der Waals surface area contributed by atoms with Crippen LogP contribution in [0.2, 0.25) is 5.02 Å². The van der Waals surface area contributed by atoms with Crippen LogP contribution in [0, 0.1) is 6.92 Å². The first kappa shape index (κ1) is 17.3. The fourth-order valence-electron chi connectivity index (χ4n) is 2.76. The van der Waals surface area contributed by atoms with Crippen LogP contribution in [-0.2, 0) is 9.59 Å². The van der Waals surface area contributed by atoms with Crippen molar-refractivity contribution < 1.29 is 14.3 Å². The number of hydrogen-bond donors (Lipinski definition) is 1. The molecule has 0 radical (unpaired) electrons. The molecule has 0 aromatic heterocycles. The molecule has 0 fully saturated rings. The summed E-state index contributed by atoms with van der Waals surface area (Å²) in [6.07, 6.45) is 0. The van der Waals surface area contributed by atoms with Crippen LogP contribution >= 0.6 is 11.6 Å². The maximum Gasteiger partial charge on any atom is 0.271 e. The first-order valence-corrected chi connectivity index (χ1v) is 8.31. The van der Waals surface area contributed by atoms with Crippen LogP contribution in [0.25, 0.3) is 0 Å². The highest BCUT2D eigenvalue weighted by atomic mass is 35.5. The van der Waals surface area contributed by atoms with Crippen molar-refractivity contribution in [1.29, 1.82) is 0 Å². The minimum atomic E-state index is -1.05. The van der Waals surface area contributed by atoms with Crippen LogP contribution in [0.15, 0.2) is 42.5 Å². The molecule has 6 heteroatoms. The van der Waals surface area contributed by atoms with Gasteiger partial charge in [0.15, 0.2) is 5.60 Å². The van der Waals surface area contributed by atoms with Gasteiger partial charge in [-0.15, -0.1) is 0 Å². The SMILES string of the molecule is Cc1cccc(NC(=O)CN2C(=O)C(C)(C)Oc3ccc(Cl)cc32)c1. The van der Waals surface area contributed by atoms with Gasteiger partial charge in [-0.1, -0.05) is 23.7 Å². The van der Waals surface area contributed by atoms with Crippen molar-refractivity contribution in [3.05, 3.63) is 53.1 Å². The van der Waals surface area contributed by atoms with Crippen molar-refractivity contribution in [3.63, 3.8) is 0 Å². The van der Waals surface area contributed by atoms with Gasteiger partial charge in [-0.25, -0.2) is 0 Å². The number of nitrogens with zero attached hydrogens (tertiary/aromatic N) is 1. The third-order valence-electron chi connectivity index (χ3n) is 3.94. The Morgan fingerprint density at radius 2 is 2.00 bits per heavy atom. The van der Waals surface area contributed by atoms with Gasteiger partial charge in [-0.05, 0) is 56.7 Å². The van der Waals surface area contributed by atoms with E-state index in [1.165, 1.54) is 4.90 Å². The second-order valence-electron chi connectivity index (χ2n) is 6.53. The lowest BCUT2D eigenvalue weighted by Crippen LogP contribution is -2.54. The Morgan fingerprint density at radius 1 is 1.24 bits per heavy atom. The van der Waals surface area contributed by atoms with Crippen LogP contribution in [0.4, 0.5) is 11.4 Å². The van der Waals surface area contributed by atoms with E-state index >= 15 is 0 Å². The molecular formula is C19H19ClN2O3. The number of ether oxygens (including phenoxy) is 1. The monoisotopic (exact) mass is 358 g/mol. The number of nitrogens with one attached hydrogen (secondary N) is 1. The van der Waals surface area contributed by atoms with Gasteiger partial charge in [0, 0.05) is 10.7 Å². The molecule has 2 aromatic carbocycles. The lowest BCUT2D eigenvalue weighted by molar-refractivity contribution is -0.133. The van der Waals surface area contributed by atoms with Crippen LogP contribution < -0.4 is 15.0 Å². The van der Waals surface area contributed by atoms with E-state index in [9.17, 15) is 9.59 Å². The van der Waals surface area contributed by atoms with E-state index in [0.29, 0.717) is 22.1 Å². The molecule has 0 saturated heterocycles. The summed E-state index contributed by atoms with van der Waals surface area (Å²) in [6.45, 7) is 5.19. The molecular weight excluding hydrogens is 340 g/mol. The van der Waals surface area contributed by atoms with Gasteiger partial charge in [0.2, 0.25) is 5.91 Å². The number of carbonyl (C=O) groups excluding carboxylic acids is 2. The number of aryl methyl sites for hydroxylation is 1. The third kappa shape index (κ3) is 3.61. The summed E-state index contributed by atoms with van der Waals surface area (Å²) in [7, 11) is 0. The van der Waals surface area contributed by atoms with Crippen molar-refractivity contribution in [2.75, 3.05) is 16.8 Å². The molecule has 1 heterocycles. The summed E-state index contributed by atoms with van der Waals surface area (Å²) in [5, 5.41) is 3.29. The quantitative estimate of drug-likeness (QED) is 0.908. The predicted octanol–water partition coefficient (Wildman–Crippen LogP) is 3.79. The number of halogens is 1. The van der Waals surface area contributed by atoms with Gasteiger partial charge in [-0.3, -0.25) is 14.5 Å². The Balaban J connectivity index is 1.86. The Hall–Kier alpha value is -2.53. The summed E-state index contributed by atoms with van der Waals surface area (Å²) >= 11 is 6.05. The lowest BCUT2D eigenvalue weighted by Gasteiger charge is -2.38. The third-order valence-corrected chi connectivity index (χ3v) is 4.18. The van der Waals surface area contributed by atoms with E-state index in [1.807, 2.05) is 25.1 Å². The van der Waals surface area contributed by atoms with Gasteiger partial charge >= 0.3 is 0 Å². The normalized spacial score (nSPS) is 15.4. The summed E-state index contributed by atoms with van der Waals surface area (Å²) in [5.74, 6) is -0.0541. The Bertz CT molecular complexity index is 848. The summed E-state index contributed by atoms with van der Waals surface area (Å²) in [6, 6.07) is 12.5.